The zero-order chi connectivity index (χ0) is 20.4. The zero-order valence-electron chi connectivity index (χ0n) is 17.6. The molecule has 0 bridgehead atoms. The minimum atomic E-state index is -0.115. The first-order valence-electron chi connectivity index (χ1n) is 10.5. The number of piperazine rings is 1. The molecule has 0 spiro atoms. The van der Waals surface area contributed by atoms with Gasteiger partial charge in [-0.2, -0.15) is 0 Å². The molecule has 0 radical (unpaired) electrons. The molecular formula is C22H36N4O2. The Hall–Kier alpha value is -1.92. The highest BCUT2D eigenvalue weighted by molar-refractivity contribution is 5.84. The Bertz CT molecular complexity index is 606. The van der Waals surface area contributed by atoms with Gasteiger partial charge in [0.1, 0.15) is 0 Å². The van der Waals surface area contributed by atoms with Gasteiger partial charge in [0, 0.05) is 45.2 Å². The lowest BCUT2D eigenvalue weighted by Gasteiger charge is -2.40. The van der Waals surface area contributed by atoms with Crippen molar-refractivity contribution < 1.29 is 9.59 Å². The highest BCUT2D eigenvalue weighted by Crippen LogP contribution is 2.24. The lowest BCUT2D eigenvalue weighted by molar-refractivity contribution is -0.126. The molecule has 1 aliphatic heterocycles. The second kappa shape index (κ2) is 11.8. The first-order valence-corrected chi connectivity index (χ1v) is 10.5. The highest BCUT2D eigenvalue weighted by atomic mass is 16.2. The third kappa shape index (κ3) is 7.98. The van der Waals surface area contributed by atoms with Crippen LogP contribution in [0.15, 0.2) is 30.3 Å². The normalized spacial score (nSPS) is 18.2. The second-order valence-corrected chi connectivity index (χ2v) is 8.14. The summed E-state index contributed by atoms with van der Waals surface area (Å²) >= 11 is 0. The van der Waals surface area contributed by atoms with Gasteiger partial charge < -0.3 is 15.5 Å². The summed E-state index contributed by atoms with van der Waals surface area (Å²) in [6.45, 7) is 8.96. The maximum atomic E-state index is 11.9. The van der Waals surface area contributed by atoms with Crippen molar-refractivity contribution in [2.24, 2.45) is 5.92 Å². The molecule has 2 rings (SSSR count). The van der Waals surface area contributed by atoms with Crippen LogP contribution in [0.25, 0.3) is 0 Å². The van der Waals surface area contributed by atoms with Crippen LogP contribution in [-0.4, -0.2) is 67.9 Å². The lowest BCUT2D eigenvalue weighted by atomic mass is 10.0. The molecule has 6 nitrogen and oxygen atoms in total. The Morgan fingerprint density at radius 1 is 1.11 bits per heavy atom. The fraction of sp³-hybridized carbons (Fsp3) is 0.636. The van der Waals surface area contributed by atoms with Crippen molar-refractivity contribution in [3.63, 3.8) is 0 Å². The predicted molar refractivity (Wildman–Crippen MR) is 113 cm³/mol. The van der Waals surface area contributed by atoms with E-state index in [-0.39, 0.29) is 18.4 Å². The molecule has 2 N–H and O–H groups in total. The van der Waals surface area contributed by atoms with Crippen LogP contribution in [0, 0.1) is 5.92 Å². The van der Waals surface area contributed by atoms with E-state index in [0.29, 0.717) is 24.9 Å². The Balaban J connectivity index is 1.67. The van der Waals surface area contributed by atoms with Gasteiger partial charge in [0.15, 0.2) is 0 Å². The van der Waals surface area contributed by atoms with E-state index in [2.05, 4.69) is 71.7 Å². The Kier molecular flexibility index (Phi) is 9.44. The van der Waals surface area contributed by atoms with Gasteiger partial charge in [0.05, 0.1) is 6.54 Å². The van der Waals surface area contributed by atoms with Crippen LogP contribution in [0.4, 0.5) is 0 Å². The van der Waals surface area contributed by atoms with Crippen molar-refractivity contribution >= 4 is 11.8 Å². The van der Waals surface area contributed by atoms with E-state index in [1.807, 2.05) is 0 Å². The number of hydrogen-bond donors (Lipinski definition) is 2. The van der Waals surface area contributed by atoms with Gasteiger partial charge in [-0.1, -0.05) is 44.2 Å². The number of nitrogens with zero attached hydrogens (tertiary/aromatic N) is 2. The van der Waals surface area contributed by atoms with Crippen molar-refractivity contribution in [1.82, 2.24) is 20.4 Å². The summed E-state index contributed by atoms with van der Waals surface area (Å²) in [5.41, 5.74) is 1.35. The number of carbonyl (C=O) groups is 2. The summed E-state index contributed by atoms with van der Waals surface area (Å²) in [7, 11) is 2.17. The van der Waals surface area contributed by atoms with Crippen molar-refractivity contribution in [2.75, 3.05) is 46.3 Å². The summed E-state index contributed by atoms with van der Waals surface area (Å²) in [5.74, 6) is 0.330. The first kappa shape index (κ1) is 22.4. The van der Waals surface area contributed by atoms with Crippen LogP contribution < -0.4 is 10.6 Å². The van der Waals surface area contributed by atoms with Crippen LogP contribution >= 0.6 is 0 Å². The lowest BCUT2D eigenvalue weighted by Crippen LogP contribution is -2.47. The quantitative estimate of drug-likeness (QED) is 0.602. The van der Waals surface area contributed by atoms with Crippen molar-refractivity contribution in [2.45, 2.75) is 39.2 Å². The maximum Gasteiger partial charge on any atom is 0.239 e. The molecule has 0 unspecified atom stereocenters. The molecule has 1 aromatic carbocycles. The van der Waals surface area contributed by atoms with Gasteiger partial charge in [-0.15, -0.1) is 0 Å². The van der Waals surface area contributed by atoms with E-state index < -0.39 is 0 Å². The summed E-state index contributed by atoms with van der Waals surface area (Å²) in [5, 5.41) is 5.61. The zero-order valence-corrected chi connectivity index (χ0v) is 17.6. The number of likely N-dealkylation sites (N-methyl/N-ethyl adjacent to an activating group) is 1. The monoisotopic (exact) mass is 388 g/mol. The van der Waals surface area contributed by atoms with E-state index in [9.17, 15) is 9.59 Å². The summed E-state index contributed by atoms with van der Waals surface area (Å²) < 4.78 is 0. The third-order valence-corrected chi connectivity index (χ3v) is 5.22. The number of rotatable bonds is 10. The maximum absolute atomic E-state index is 11.9. The molecule has 1 atom stereocenters. The average molecular weight is 389 g/mol. The van der Waals surface area contributed by atoms with Gasteiger partial charge >= 0.3 is 0 Å². The molecule has 156 valence electrons. The number of nitrogens with one attached hydrogen (secondary N) is 2. The van der Waals surface area contributed by atoms with Gasteiger partial charge in [-0.05, 0) is 31.4 Å². The van der Waals surface area contributed by atoms with Crippen molar-refractivity contribution in [3.05, 3.63) is 35.9 Å². The number of amides is 2. The van der Waals surface area contributed by atoms with Crippen LogP contribution in [-0.2, 0) is 9.59 Å². The van der Waals surface area contributed by atoms with Crippen molar-refractivity contribution in [3.8, 4) is 0 Å². The van der Waals surface area contributed by atoms with Gasteiger partial charge in [0.2, 0.25) is 11.8 Å². The molecule has 0 aromatic heterocycles. The predicted octanol–water partition coefficient (Wildman–Crippen LogP) is 2.03. The Morgan fingerprint density at radius 3 is 2.57 bits per heavy atom. The Morgan fingerprint density at radius 2 is 1.86 bits per heavy atom. The molecule has 1 heterocycles. The standard InChI is InChI=1S/C22H36N4O2/c1-18(2)10-11-21(27)24-16-22(28)23-12-7-13-26-15-14-25(3)17-20(26)19-8-5-4-6-9-19/h4-6,8-9,18,20H,7,10-17H2,1-3H3,(H,23,28)(H,24,27)/t20-/m0/s1. The van der Waals surface area contributed by atoms with E-state index in [1.165, 1.54) is 5.56 Å². The molecule has 6 heteroatoms. The molecule has 0 saturated carbocycles. The third-order valence-electron chi connectivity index (χ3n) is 5.22. The summed E-state index contributed by atoms with van der Waals surface area (Å²) in [4.78, 5) is 28.5. The van der Waals surface area contributed by atoms with E-state index in [4.69, 9.17) is 0 Å². The molecule has 0 aliphatic carbocycles. The van der Waals surface area contributed by atoms with Gasteiger partial charge in [0.25, 0.3) is 0 Å². The molecule has 2 amide bonds. The smallest absolute Gasteiger partial charge is 0.239 e. The van der Waals surface area contributed by atoms with E-state index in [0.717, 1.165) is 39.0 Å². The van der Waals surface area contributed by atoms with Gasteiger partial charge in [-0.3, -0.25) is 14.5 Å². The molecule has 1 aliphatic rings. The minimum absolute atomic E-state index is 0.0491. The second-order valence-electron chi connectivity index (χ2n) is 8.14. The summed E-state index contributed by atoms with van der Waals surface area (Å²) in [6, 6.07) is 11.0. The van der Waals surface area contributed by atoms with Crippen LogP contribution in [0.3, 0.4) is 0 Å². The molecular weight excluding hydrogens is 352 g/mol. The number of benzene rings is 1. The van der Waals surface area contributed by atoms with Gasteiger partial charge in [-0.25, -0.2) is 0 Å². The number of hydrogen-bond acceptors (Lipinski definition) is 4. The largest absolute Gasteiger partial charge is 0.355 e. The Labute approximate surface area is 169 Å². The first-order chi connectivity index (χ1) is 13.5. The SMILES string of the molecule is CC(C)CCC(=O)NCC(=O)NCCCN1CCN(C)C[C@H]1c1ccccc1. The molecule has 1 saturated heterocycles. The topological polar surface area (TPSA) is 64.7 Å². The van der Waals surface area contributed by atoms with E-state index >= 15 is 0 Å². The van der Waals surface area contributed by atoms with E-state index in [1.54, 1.807) is 0 Å². The highest BCUT2D eigenvalue weighted by Gasteiger charge is 2.25. The average Bonchev–Trinajstić information content (AvgIpc) is 2.69. The van der Waals surface area contributed by atoms with Crippen LogP contribution in [0.5, 0.6) is 0 Å². The fourth-order valence-corrected chi connectivity index (χ4v) is 3.48. The molecule has 1 aromatic rings. The van der Waals surface area contributed by atoms with Crippen LogP contribution in [0.2, 0.25) is 0 Å². The fourth-order valence-electron chi connectivity index (χ4n) is 3.48. The summed E-state index contributed by atoms with van der Waals surface area (Å²) in [6.07, 6.45) is 2.23. The minimum Gasteiger partial charge on any atom is -0.355 e. The molecule has 1 fully saturated rings. The number of carbonyl (C=O) groups excluding carboxylic acids is 2. The molecule has 28 heavy (non-hydrogen) atoms. The van der Waals surface area contributed by atoms with Crippen molar-refractivity contribution in [1.29, 1.82) is 0 Å². The van der Waals surface area contributed by atoms with Crippen LogP contribution in [0.1, 0.15) is 44.7 Å².